The molecule has 0 aliphatic heterocycles. The highest BCUT2D eigenvalue weighted by molar-refractivity contribution is 6.29. The van der Waals surface area contributed by atoms with Gasteiger partial charge in [-0.3, -0.25) is 0 Å². The number of hydrogen-bond acceptors (Lipinski definition) is 3. The second-order valence-electron chi connectivity index (χ2n) is 2.90. The maximum Gasteiger partial charge on any atom is 0.193 e. The lowest BCUT2D eigenvalue weighted by Crippen LogP contribution is -1.99. The Morgan fingerprint density at radius 2 is 2.07 bits per heavy atom. The molecule has 3 nitrogen and oxygen atoms in total. The van der Waals surface area contributed by atoms with Crippen molar-refractivity contribution in [2.24, 2.45) is 0 Å². The van der Waals surface area contributed by atoms with Crippen molar-refractivity contribution in [1.29, 1.82) is 0 Å². The molecule has 0 aliphatic carbocycles. The Labute approximate surface area is 97.0 Å². The lowest BCUT2D eigenvalue weighted by molar-refractivity contribution is 0.519. The van der Waals surface area contributed by atoms with E-state index in [1.54, 1.807) is 18.2 Å². The summed E-state index contributed by atoms with van der Waals surface area (Å²) in [4.78, 5) is 4.07. The van der Waals surface area contributed by atoms with Crippen molar-refractivity contribution < 1.29 is 4.42 Å². The third kappa shape index (κ3) is 2.88. The number of furan rings is 1. The third-order valence-corrected chi connectivity index (χ3v) is 2.20. The molecule has 2 aromatic heterocycles. The molecule has 0 bridgehead atoms. The van der Waals surface area contributed by atoms with Gasteiger partial charge in [-0.15, -0.1) is 0 Å². The quantitative estimate of drug-likeness (QED) is 0.837. The van der Waals surface area contributed by atoms with E-state index in [4.69, 9.17) is 27.6 Å². The standard InChI is InChI=1S/C10H8Cl2N2O/c11-8-2-1-3-10(14-8)13-6-7-4-5-9(12)15-7/h1-5H,6H2,(H,13,14). The van der Waals surface area contributed by atoms with Gasteiger partial charge in [0.15, 0.2) is 5.22 Å². The molecular weight excluding hydrogens is 235 g/mol. The monoisotopic (exact) mass is 242 g/mol. The summed E-state index contributed by atoms with van der Waals surface area (Å²) in [5.41, 5.74) is 0. The molecule has 0 atom stereocenters. The molecule has 0 radical (unpaired) electrons. The van der Waals surface area contributed by atoms with Gasteiger partial charge in [0.05, 0.1) is 6.54 Å². The summed E-state index contributed by atoms with van der Waals surface area (Å²) in [7, 11) is 0. The van der Waals surface area contributed by atoms with Crippen LogP contribution in [0.4, 0.5) is 5.82 Å². The van der Waals surface area contributed by atoms with E-state index in [-0.39, 0.29) is 0 Å². The largest absolute Gasteiger partial charge is 0.448 e. The Balaban J connectivity index is 1.99. The van der Waals surface area contributed by atoms with Crippen LogP contribution in [0.2, 0.25) is 10.4 Å². The molecule has 2 heterocycles. The molecule has 0 aromatic carbocycles. The van der Waals surface area contributed by atoms with E-state index >= 15 is 0 Å². The molecular formula is C10H8Cl2N2O. The molecule has 2 rings (SSSR count). The lowest BCUT2D eigenvalue weighted by atomic mass is 10.4. The van der Waals surface area contributed by atoms with E-state index in [9.17, 15) is 0 Å². The van der Waals surface area contributed by atoms with Crippen LogP contribution in [0.1, 0.15) is 5.76 Å². The number of pyridine rings is 1. The van der Waals surface area contributed by atoms with Crippen molar-refractivity contribution in [1.82, 2.24) is 4.98 Å². The van der Waals surface area contributed by atoms with Crippen molar-refractivity contribution in [2.45, 2.75) is 6.54 Å². The average Bonchev–Trinajstić information content (AvgIpc) is 2.62. The van der Waals surface area contributed by atoms with Gasteiger partial charge in [0.1, 0.15) is 16.7 Å². The fourth-order valence-corrected chi connectivity index (χ4v) is 1.46. The lowest BCUT2D eigenvalue weighted by Gasteiger charge is -2.02. The van der Waals surface area contributed by atoms with E-state index in [0.29, 0.717) is 22.7 Å². The van der Waals surface area contributed by atoms with Gasteiger partial charge in [0, 0.05) is 0 Å². The smallest absolute Gasteiger partial charge is 0.193 e. The number of nitrogens with zero attached hydrogens (tertiary/aromatic N) is 1. The molecule has 0 fully saturated rings. The van der Waals surface area contributed by atoms with E-state index < -0.39 is 0 Å². The van der Waals surface area contributed by atoms with Crippen LogP contribution in [-0.2, 0) is 6.54 Å². The van der Waals surface area contributed by atoms with E-state index in [1.165, 1.54) is 0 Å². The predicted molar refractivity (Wildman–Crippen MR) is 60.3 cm³/mol. The highest BCUT2D eigenvalue weighted by Crippen LogP contribution is 2.15. The molecule has 0 saturated carbocycles. The molecule has 0 amide bonds. The fraction of sp³-hybridized carbons (Fsp3) is 0.100. The van der Waals surface area contributed by atoms with Gasteiger partial charge in [-0.1, -0.05) is 17.7 Å². The van der Waals surface area contributed by atoms with Crippen molar-refractivity contribution in [2.75, 3.05) is 5.32 Å². The van der Waals surface area contributed by atoms with Gasteiger partial charge in [-0.2, -0.15) is 0 Å². The first kappa shape index (κ1) is 10.3. The first-order valence-corrected chi connectivity index (χ1v) is 5.10. The van der Waals surface area contributed by atoms with Crippen LogP contribution in [0.3, 0.4) is 0 Å². The summed E-state index contributed by atoms with van der Waals surface area (Å²) in [6, 6.07) is 8.88. The van der Waals surface area contributed by atoms with Crippen LogP contribution in [0.15, 0.2) is 34.7 Å². The highest BCUT2D eigenvalue weighted by Gasteiger charge is 2.00. The second kappa shape index (κ2) is 4.55. The number of halogens is 2. The minimum absolute atomic E-state index is 0.380. The zero-order valence-electron chi connectivity index (χ0n) is 7.71. The van der Waals surface area contributed by atoms with Gasteiger partial charge < -0.3 is 9.73 Å². The number of nitrogens with one attached hydrogen (secondary N) is 1. The molecule has 0 unspecified atom stereocenters. The molecule has 78 valence electrons. The summed E-state index contributed by atoms with van der Waals surface area (Å²) in [6.07, 6.45) is 0. The van der Waals surface area contributed by atoms with Crippen LogP contribution in [0.25, 0.3) is 0 Å². The topological polar surface area (TPSA) is 38.1 Å². The van der Waals surface area contributed by atoms with Gasteiger partial charge in [0.2, 0.25) is 0 Å². The molecule has 1 N–H and O–H groups in total. The maximum atomic E-state index is 5.74. The third-order valence-electron chi connectivity index (χ3n) is 1.79. The summed E-state index contributed by atoms with van der Waals surface area (Å²) in [5, 5.41) is 3.90. The van der Waals surface area contributed by atoms with Gasteiger partial charge in [0.25, 0.3) is 0 Å². The Morgan fingerprint density at radius 3 is 2.73 bits per heavy atom. The molecule has 0 aliphatic rings. The Hall–Kier alpha value is -1.19. The Kier molecular flexibility index (Phi) is 3.14. The zero-order chi connectivity index (χ0) is 10.7. The van der Waals surface area contributed by atoms with Gasteiger partial charge >= 0.3 is 0 Å². The Bertz CT molecular complexity index is 456. The number of rotatable bonds is 3. The fourth-order valence-electron chi connectivity index (χ4n) is 1.13. The summed E-state index contributed by atoms with van der Waals surface area (Å²) in [5.74, 6) is 1.46. The molecule has 0 spiro atoms. The van der Waals surface area contributed by atoms with Gasteiger partial charge in [-0.25, -0.2) is 4.98 Å². The summed E-state index contributed by atoms with van der Waals surface area (Å²) in [6.45, 7) is 0.528. The van der Waals surface area contributed by atoms with Crippen LogP contribution in [-0.4, -0.2) is 4.98 Å². The normalized spacial score (nSPS) is 10.3. The zero-order valence-corrected chi connectivity index (χ0v) is 9.22. The minimum atomic E-state index is 0.380. The van der Waals surface area contributed by atoms with Gasteiger partial charge in [-0.05, 0) is 35.9 Å². The molecule has 15 heavy (non-hydrogen) atoms. The summed E-state index contributed by atoms with van der Waals surface area (Å²) < 4.78 is 5.18. The molecule has 2 aromatic rings. The number of hydrogen-bond donors (Lipinski definition) is 1. The van der Waals surface area contributed by atoms with Crippen LogP contribution < -0.4 is 5.32 Å². The van der Waals surface area contributed by atoms with Crippen molar-refractivity contribution in [3.63, 3.8) is 0 Å². The maximum absolute atomic E-state index is 5.74. The van der Waals surface area contributed by atoms with Crippen molar-refractivity contribution >= 4 is 29.0 Å². The average molecular weight is 243 g/mol. The van der Waals surface area contributed by atoms with E-state index in [1.807, 2.05) is 12.1 Å². The van der Waals surface area contributed by atoms with Crippen molar-refractivity contribution in [3.8, 4) is 0 Å². The first-order valence-electron chi connectivity index (χ1n) is 4.35. The molecule has 0 saturated heterocycles. The second-order valence-corrected chi connectivity index (χ2v) is 3.66. The van der Waals surface area contributed by atoms with E-state index in [2.05, 4.69) is 10.3 Å². The van der Waals surface area contributed by atoms with Crippen LogP contribution in [0.5, 0.6) is 0 Å². The first-order chi connectivity index (χ1) is 7.24. The molecule has 5 heteroatoms. The van der Waals surface area contributed by atoms with E-state index in [0.717, 1.165) is 5.76 Å². The predicted octanol–water partition coefficient (Wildman–Crippen LogP) is 3.59. The van der Waals surface area contributed by atoms with Crippen LogP contribution in [0, 0.1) is 0 Å². The SMILES string of the molecule is Clc1cccc(NCc2ccc(Cl)o2)n1. The minimum Gasteiger partial charge on any atom is -0.448 e. The van der Waals surface area contributed by atoms with Crippen molar-refractivity contribution in [3.05, 3.63) is 46.5 Å². The number of anilines is 1. The Morgan fingerprint density at radius 1 is 1.20 bits per heavy atom. The van der Waals surface area contributed by atoms with Crippen LogP contribution >= 0.6 is 23.2 Å². The number of aromatic nitrogens is 1. The highest BCUT2D eigenvalue weighted by atomic mass is 35.5. The summed E-state index contributed by atoms with van der Waals surface area (Å²) >= 11 is 11.4.